The van der Waals surface area contributed by atoms with Crippen LogP contribution in [0.25, 0.3) is 0 Å². The van der Waals surface area contributed by atoms with Crippen LogP contribution in [0, 0.1) is 0 Å². The van der Waals surface area contributed by atoms with E-state index < -0.39 is 36.8 Å². The van der Waals surface area contributed by atoms with E-state index in [1.165, 1.54) is 7.11 Å². The van der Waals surface area contributed by atoms with Crippen molar-refractivity contribution in [3.8, 4) is 0 Å². The predicted molar refractivity (Wildman–Crippen MR) is 83.4 cm³/mol. The van der Waals surface area contributed by atoms with Gasteiger partial charge in [-0.2, -0.15) is 38.1 Å². The quantitative estimate of drug-likeness (QED) is 0.244. The highest BCUT2D eigenvalue weighted by atomic mass is 32.2. The van der Waals surface area contributed by atoms with Gasteiger partial charge in [-0.3, -0.25) is 4.79 Å². The first-order valence-corrected chi connectivity index (χ1v) is 8.74. The van der Waals surface area contributed by atoms with Gasteiger partial charge in [0.25, 0.3) is 5.67 Å². The number of halogens is 7. The van der Waals surface area contributed by atoms with Crippen LogP contribution in [0.4, 0.5) is 30.7 Å². The molecule has 0 atom stereocenters. The number of hydrogen-bond acceptors (Lipinski definition) is 5. The van der Waals surface area contributed by atoms with Gasteiger partial charge in [0.2, 0.25) is 5.91 Å². The van der Waals surface area contributed by atoms with Crippen LogP contribution < -0.4 is 16.1 Å². The molecule has 0 aliphatic carbocycles. The second-order valence-electron chi connectivity index (χ2n) is 5.15. The standard InChI is InChI=1S/C13H22F7N3O2S/c1-25-23-7-5-21-4-6-22-10(24)9-26-8-2-3-11(14,12(15,16)17)13(18,19)20/h21,23H,2-9H2,1H3,(H,22,24). The van der Waals surface area contributed by atoms with Crippen molar-refractivity contribution in [2.24, 2.45) is 0 Å². The SMILES string of the molecule is CONCCNCCNC(=O)CSCCCC(F)(C(F)(F)F)C(F)(F)F. The van der Waals surface area contributed by atoms with Gasteiger partial charge in [-0.05, 0) is 12.2 Å². The molecule has 13 heteroatoms. The Balaban J connectivity index is 3.89. The van der Waals surface area contributed by atoms with Gasteiger partial charge in [-0.15, -0.1) is 0 Å². The Morgan fingerprint density at radius 2 is 1.54 bits per heavy atom. The summed E-state index contributed by atoms with van der Waals surface area (Å²) in [6, 6.07) is 0. The number of rotatable bonds is 13. The van der Waals surface area contributed by atoms with E-state index in [2.05, 4.69) is 21.0 Å². The summed E-state index contributed by atoms with van der Waals surface area (Å²) < 4.78 is 87.3. The van der Waals surface area contributed by atoms with Crippen molar-refractivity contribution in [1.29, 1.82) is 0 Å². The summed E-state index contributed by atoms with van der Waals surface area (Å²) >= 11 is 0.838. The van der Waals surface area contributed by atoms with Crippen LogP contribution in [0.3, 0.4) is 0 Å². The normalized spacial score (nSPS) is 13.1. The Morgan fingerprint density at radius 3 is 2.08 bits per heavy atom. The summed E-state index contributed by atoms with van der Waals surface area (Å²) in [7, 11) is 1.47. The van der Waals surface area contributed by atoms with E-state index in [4.69, 9.17) is 0 Å². The molecule has 0 radical (unpaired) electrons. The molecule has 0 aromatic heterocycles. The number of amides is 1. The fraction of sp³-hybridized carbons (Fsp3) is 0.923. The average molecular weight is 417 g/mol. The molecule has 0 rings (SSSR count). The maximum Gasteiger partial charge on any atom is 0.431 e. The first-order chi connectivity index (χ1) is 12.0. The van der Waals surface area contributed by atoms with E-state index in [-0.39, 0.29) is 11.5 Å². The van der Waals surface area contributed by atoms with Gasteiger partial charge in [-0.25, -0.2) is 9.87 Å². The lowest BCUT2D eigenvalue weighted by molar-refractivity contribution is -0.343. The Hall–Kier alpha value is -0.790. The van der Waals surface area contributed by atoms with E-state index in [0.717, 1.165) is 11.8 Å². The zero-order valence-corrected chi connectivity index (χ0v) is 14.8. The van der Waals surface area contributed by atoms with Crippen molar-refractivity contribution in [3.63, 3.8) is 0 Å². The third-order valence-corrected chi connectivity index (χ3v) is 4.16. The van der Waals surface area contributed by atoms with Gasteiger partial charge in [0.1, 0.15) is 0 Å². The number of thioether (sulfide) groups is 1. The lowest BCUT2D eigenvalue weighted by atomic mass is 9.99. The molecule has 156 valence electrons. The molecular weight excluding hydrogens is 395 g/mol. The minimum Gasteiger partial charge on any atom is -0.354 e. The van der Waals surface area contributed by atoms with E-state index >= 15 is 0 Å². The number of carbonyl (C=O) groups is 1. The summed E-state index contributed by atoms with van der Waals surface area (Å²) in [5.41, 5.74) is -2.63. The van der Waals surface area contributed by atoms with Crippen molar-refractivity contribution in [1.82, 2.24) is 16.1 Å². The molecule has 0 unspecified atom stereocenters. The number of nitrogens with one attached hydrogen (secondary N) is 3. The highest BCUT2D eigenvalue weighted by Crippen LogP contribution is 2.49. The Labute approximate surface area is 150 Å². The summed E-state index contributed by atoms with van der Waals surface area (Å²) in [5.74, 6) is -0.751. The molecule has 3 N–H and O–H groups in total. The van der Waals surface area contributed by atoms with Crippen molar-refractivity contribution >= 4 is 17.7 Å². The topological polar surface area (TPSA) is 62.4 Å². The smallest absolute Gasteiger partial charge is 0.354 e. The van der Waals surface area contributed by atoms with E-state index in [0.29, 0.717) is 26.2 Å². The van der Waals surface area contributed by atoms with E-state index in [9.17, 15) is 35.5 Å². The first kappa shape index (κ1) is 25.2. The lowest BCUT2D eigenvalue weighted by Crippen LogP contribution is -2.53. The molecule has 26 heavy (non-hydrogen) atoms. The van der Waals surface area contributed by atoms with E-state index in [1.54, 1.807) is 0 Å². The fourth-order valence-electron chi connectivity index (χ4n) is 1.73. The number of alkyl halides is 7. The highest BCUT2D eigenvalue weighted by Gasteiger charge is 2.71. The summed E-state index contributed by atoms with van der Waals surface area (Å²) in [5, 5.41) is 5.50. The second kappa shape index (κ2) is 11.8. The van der Waals surface area contributed by atoms with Crippen molar-refractivity contribution < 1.29 is 40.4 Å². The minimum absolute atomic E-state index is 0.136. The highest BCUT2D eigenvalue weighted by molar-refractivity contribution is 7.99. The Kier molecular flexibility index (Phi) is 11.5. The van der Waals surface area contributed by atoms with Gasteiger partial charge in [-0.1, -0.05) is 0 Å². The van der Waals surface area contributed by atoms with Gasteiger partial charge in [0.15, 0.2) is 0 Å². The average Bonchev–Trinajstić information content (AvgIpc) is 2.51. The molecule has 0 saturated carbocycles. The maximum absolute atomic E-state index is 13.4. The van der Waals surface area contributed by atoms with Crippen molar-refractivity contribution in [2.75, 3.05) is 44.8 Å². The zero-order valence-electron chi connectivity index (χ0n) is 14.0. The van der Waals surface area contributed by atoms with Gasteiger partial charge < -0.3 is 15.5 Å². The zero-order chi connectivity index (χ0) is 20.3. The third kappa shape index (κ3) is 9.24. The first-order valence-electron chi connectivity index (χ1n) is 7.59. The predicted octanol–water partition coefficient (Wildman–Crippen LogP) is 2.19. The molecule has 0 aromatic rings. The Bertz CT molecular complexity index is 394. The summed E-state index contributed by atoms with van der Waals surface area (Å²) in [6.45, 7) is 1.94. The number of carbonyl (C=O) groups excluding carboxylic acids is 1. The molecular formula is C13H22F7N3O2S. The molecule has 1 amide bonds. The van der Waals surface area contributed by atoms with Crippen LogP contribution in [-0.2, 0) is 9.63 Å². The molecule has 0 aliphatic rings. The van der Waals surface area contributed by atoms with Crippen molar-refractivity contribution in [2.45, 2.75) is 30.9 Å². The van der Waals surface area contributed by atoms with Crippen LogP contribution in [0.1, 0.15) is 12.8 Å². The van der Waals surface area contributed by atoms with Crippen LogP contribution >= 0.6 is 11.8 Å². The molecule has 0 aliphatic heterocycles. The van der Waals surface area contributed by atoms with Gasteiger partial charge in [0, 0.05) is 32.6 Å². The van der Waals surface area contributed by atoms with Crippen LogP contribution in [0.2, 0.25) is 0 Å². The van der Waals surface area contributed by atoms with Gasteiger partial charge >= 0.3 is 12.4 Å². The van der Waals surface area contributed by atoms with E-state index in [1.807, 2.05) is 0 Å². The molecule has 0 fully saturated rings. The fourth-order valence-corrected chi connectivity index (χ4v) is 2.51. The number of hydrogen-bond donors (Lipinski definition) is 3. The molecule has 0 saturated heterocycles. The third-order valence-electron chi connectivity index (χ3n) is 3.11. The Morgan fingerprint density at radius 1 is 0.962 bits per heavy atom. The largest absolute Gasteiger partial charge is 0.431 e. The van der Waals surface area contributed by atoms with Gasteiger partial charge in [0.05, 0.1) is 12.9 Å². The molecule has 0 heterocycles. The number of hydroxylamine groups is 1. The molecule has 5 nitrogen and oxygen atoms in total. The monoisotopic (exact) mass is 417 g/mol. The van der Waals surface area contributed by atoms with Crippen molar-refractivity contribution in [3.05, 3.63) is 0 Å². The lowest BCUT2D eigenvalue weighted by Gasteiger charge is -2.29. The minimum atomic E-state index is -6.03. The van der Waals surface area contributed by atoms with Crippen LogP contribution in [0.5, 0.6) is 0 Å². The summed E-state index contributed by atoms with van der Waals surface area (Å²) in [4.78, 5) is 16.0. The molecule has 0 spiro atoms. The van der Waals surface area contributed by atoms with Crippen LogP contribution in [0.15, 0.2) is 0 Å². The maximum atomic E-state index is 13.4. The molecule has 0 bridgehead atoms. The van der Waals surface area contributed by atoms with Crippen LogP contribution in [-0.4, -0.2) is 68.7 Å². The summed E-state index contributed by atoms with van der Waals surface area (Å²) in [6.07, 6.45) is -14.5. The molecule has 0 aromatic carbocycles. The second-order valence-corrected chi connectivity index (χ2v) is 6.26.